The first-order valence-corrected chi connectivity index (χ1v) is 7.23. The van der Waals surface area contributed by atoms with Gasteiger partial charge in [0.25, 0.3) is 5.91 Å². The predicted octanol–water partition coefficient (Wildman–Crippen LogP) is 1.67. The summed E-state index contributed by atoms with van der Waals surface area (Å²) in [6.45, 7) is 2.16. The first kappa shape index (κ1) is 16.6. The fourth-order valence-corrected chi connectivity index (χ4v) is 2.30. The maximum Gasteiger partial charge on any atom is 0.251 e. The van der Waals surface area contributed by atoms with Gasteiger partial charge in [0.1, 0.15) is 11.5 Å². The lowest BCUT2D eigenvalue weighted by molar-refractivity contribution is 0.0953. The molecule has 2 rings (SSSR count). The summed E-state index contributed by atoms with van der Waals surface area (Å²) in [5, 5.41) is 2.80. The van der Waals surface area contributed by atoms with Gasteiger partial charge in [0.2, 0.25) is 5.56 Å². The Morgan fingerprint density at radius 1 is 1.17 bits per heavy atom. The molecule has 0 spiro atoms. The zero-order chi connectivity index (χ0) is 16.8. The number of nitrogens with one attached hydrogen (secondary N) is 2. The van der Waals surface area contributed by atoms with Crippen LogP contribution in [0.3, 0.4) is 0 Å². The van der Waals surface area contributed by atoms with Crippen LogP contribution in [0.1, 0.15) is 21.6 Å². The SMILES string of the molecule is COc1ccc(OC)c(CCNC(=O)c2cc(C)[nH]c(=O)c2)c1. The highest BCUT2D eigenvalue weighted by Crippen LogP contribution is 2.24. The summed E-state index contributed by atoms with van der Waals surface area (Å²) in [6.07, 6.45) is 0.592. The molecule has 0 bridgehead atoms. The minimum Gasteiger partial charge on any atom is -0.497 e. The van der Waals surface area contributed by atoms with Gasteiger partial charge < -0.3 is 19.8 Å². The third-order valence-corrected chi connectivity index (χ3v) is 3.41. The number of benzene rings is 1. The first-order chi connectivity index (χ1) is 11.0. The van der Waals surface area contributed by atoms with Gasteiger partial charge in [0.05, 0.1) is 14.2 Å². The van der Waals surface area contributed by atoms with E-state index in [-0.39, 0.29) is 11.5 Å². The number of carbonyl (C=O) groups excluding carboxylic acids is 1. The minimum atomic E-state index is -0.287. The molecule has 1 heterocycles. The van der Waals surface area contributed by atoms with Gasteiger partial charge in [-0.25, -0.2) is 0 Å². The monoisotopic (exact) mass is 316 g/mol. The van der Waals surface area contributed by atoms with Crippen LogP contribution in [-0.2, 0) is 6.42 Å². The highest BCUT2D eigenvalue weighted by Gasteiger charge is 2.09. The van der Waals surface area contributed by atoms with Crippen molar-refractivity contribution in [1.29, 1.82) is 0 Å². The Kier molecular flexibility index (Phi) is 5.41. The molecule has 6 heteroatoms. The molecule has 122 valence electrons. The van der Waals surface area contributed by atoms with E-state index < -0.39 is 0 Å². The van der Waals surface area contributed by atoms with Crippen LogP contribution in [0.25, 0.3) is 0 Å². The largest absolute Gasteiger partial charge is 0.497 e. The van der Waals surface area contributed by atoms with Crippen molar-refractivity contribution in [2.75, 3.05) is 20.8 Å². The first-order valence-electron chi connectivity index (χ1n) is 7.23. The topological polar surface area (TPSA) is 80.4 Å². The van der Waals surface area contributed by atoms with Crippen LogP contribution in [-0.4, -0.2) is 31.7 Å². The van der Waals surface area contributed by atoms with Crippen LogP contribution in [0.2, 0.25) is 0 Å². The van der Waals surface area contributed by atoms with Crippen LogP contribution >= 0.6 is 0 Å². The van der Waals surface area contributed by atoms with Crippen molar-refractivity contribution in [3.05, 3.63) is 57.5 Å². The second-order valence-corrected chi connectivity index (χ2v) is 5.10. The molecule has 1 aromatic carbocycles. The lowest BCUT2D eigenvalue weighted by Gasteiger charge is -2.11. The van der Waals surface area contributed by atoms with Gasteiger partial charge in [-0.3, -0.25) is 9.59 Å². The molecule has 2 aromatic rings. The van der Waals surface area contributed by atoms with Crippen LogP contribution in [0.5, 0.6) is 11.5 Å². The highest BCUT2D eigenvalue weighted by atomic mass is 16.5. The van der Waals surface area contributed by atoms with E-state index in [1.54, 1.807) is 27.2 Å². The molecule has 0 fully saturated rings. The summed E-state index contributed by atoms with van der Waals surface area (Å²) >= 11 is 0. The van der Waals surface area contributed by atoms with Gasteiger partial charge in [0.15, 0.2) is 0 Å². The molecule has 0 aliphatic heterocycles. The third-order valence-electron chi connectivity index (χ3n) is 3.41. The molecule has 1 aromatic heterocycles. The summed E-state index contributed by atoms with van der Waals surface area (Å²) in [6, 6.07) is 8.45. The van der Waals surface area contributed by atoms with Crippen LogP contribution in [0.15, 0.2) is 35.1 Å². The Morgan fingerprint density at radius 2 is 1.96 bits per heavy atom. The van der Waals surface area contributed by atoms with Crippen molar-refractivity contribution < 1.29 is 14.3 Å². The van der Waals surface area contributed by atoms with E-state index in [4.69, 9.17) is 9.47 Å². The highest BCUT2D eigenvalue weighted by molar-refractivity contribution is 5.94. The normalized spacial score (nSPS) is 10.2. The molecule has 0 saturated carbocycles. The molecule has 0 aliphatic carbocycles. The number of methoxy groups -OCH3 is 2. The van der Waals surface area contributed by atoms with Crippen LogP contribution in [0.4, 0.5) is 0 Å². The van der Waals surface area contributed by atoms with Crippen molar-refractivity contribution in [3.63, 3.8) is 0 Å². The number of aryl methyl sites for hydroxylation is 1. The average molecular weight is 316 g/mol. The molecule has 2 N–H and O–H groups in total. The smallest absolute Gasteiger partial charge is 0.251 e. The number of amides is 1. The molecule has 0 atom stereocenters. The zero-order valence-electron chi connectivity index (χ0n) is 13.4. The standard InChI is InChI=1S/C17H20N2O4/c1-11-8-13(10-16(20)19-11)17(21)18-7-6-12-9-14(22-2)4-5-15(12)23-3/h4-5,8-10H,6-7H2,1-3H3,(H,18,21)(H,19,20). The van der Waals surface area contributed by atoms with Crippen molar-refractivity contribution in [2.24, 2.45) is 0 Å². The van der Waals surface area contributed by atoms with Gasteiger partial charge in [-0.05, 0) is 43.2 Å². The fraction of sp³-hybridized carbons (Fsp3) is 0.294. The fourth-order valence-electron chi connectivity index (χ4n) is 2.30. The number of pyridine rings is 1. The van der Waals surface area contributed by atoms with E-state index in [0.717, 1.165) is 17.1 Å². The van der Waals surface area contributed by atoms with Gasteiger partial charge in [-0.2, -0.15) is 0 Å². The van der Waals surface area contributed by atoms with Gasteiger partial charge in [-0.1, -0.05) is 0 Å². The number of carbonyl (C=O) groups is 1. The summed E-state index contributed by atoms with van der Waals surface area (Å²) in [5.74, 6) is 1.20. The van der Waals surface area contributed by atoms with Gasteiger partial charge in [-0.15, -0.1) is 0 Å². The Bertz CT molecular complexity index is 752. The van der Waals surface area contributed by atoms with Crippen molar-refractivity contribution in [1.82, 2.24) is 10.3 Å². The molecule has 23 heavy (non-hydrogen) atoms. The molecule has 0 aliphatic rings. The summed E-state index contributed by atoms with van der Waals surface area (Å²) < 4.78 is 10.5. The number of hydrogen-bond donors (Lipinski definition) is 2. The lowest BCUT2D eigenvalue weighted by Crippen LogP contribution is -2.27. The third kappa shape index (κ3) is 4.35. The number of hydrogen-bond acceptors (Lipinski definition) is 4. The number of H-pyrrole nitrogens is 1. The Hall–Kier alpha value is -2.76. The summed E-state index contributed by atoms with van der Waals surface area (Å²) in [5.41, 5.74) is 1.65. The Morgan fingerprint density at radius 3 is 2.61 bits per heavy atom. The quantitative estimate of drug-likeness (QED) is 0.849. The second-order valence-electron chi connectivity index (χ2n) is 5.10. The van der Waals surface area contributed by atoms with Crippen molar-refractivity contribution >= 4 is 5.91 Å². The number of aromatic amines is 1. The summed E-state index contributed by atoms with van der Waals surface area (Å²) in [7, 11) is 3.20. The van der Waals surface area contributed by atoms with E-state index in [1.807, 2.05) is 18.2 Å². The molecule has 0 unspecified atom stereocenters. The molecule has 1 amide bonds. The van der Waals surface area contributed by atoms with Gasteiger partial charge in [0, 0.05) is 23.9 Å². The van der Waals surface area contributed by atoms with E-state index in [9.17, 15) is 9.59 Å². The van der Waals surface area contributed by atoms with E-state index in [1.165, 1.54) is 6.07 Å². The van der Waals surface area contributed by atoms with Gasteiger partial charge >= 0.3 is 0 Å². The molecular weight excluding hydrogens is 296 g/mol. The molecule has 0 radical (unpaired) electrons. The van der Waals surface area contributed by atoms with E-state index in [2.05, 4.69) is 10.3 Å². The molecular formula is C17H20N2O4. The van der Waals surface area contributed by atoms with Crippen LogP contribution < -0.4 is 20.3 Å². The maximum absolute atomic E-state index is 12.1. The zero-order valence-corrected chi connectivity index (χ0v) is 13.4. The molecule has 6 nitrogen and oxygen atoms in total. The average Bonchev–Trinajstić information content (AvgIpc) is 2.53. The Labute approximate surface area is 134 Å². The molecule has 0 saturated heterocycles. The predicted molar refractivity (Wildman–Crippen MR) is 87.4 cm³/mol. The summed E-state index contributed by atoms with van der Waals surface area (Å²) in [4.78, 5) is 26.1. The van der Waals surface area contributed by atoms with E-state index in [0.29, 0.717) is 24.2 Å². The lowest BCUT2D eigenvalue weighted by atomic mass is 10.1. The number of rotatable bonds is 6. The second kappa shape index (κ2) is 7.49. The number of ether oxygens (including phenoxy) is 2. The van der Waals surface area contributed by atoms with E-state index >= 15 is 0 Å². The Balaban J connectivity index is 2.01. The van der Waals surface area contributed by atoms with Crippen LogP contribution in [0, 0.1) is 6.92 Å². The van der Waals surface area contributed by atoms with Crippen molar-refractivity contribution in [2.45, 2.75) is 13.3 Å². The minimum absolute atomic E-state index is 0.277. The van der Waals surface area contributed by atoms with Crippen molar-refractivity contribution in [3.8, 4) is 11.5 Å². The maximum atomic E-state index is 12.1. The number of aromatic nitrogens is 1.